The highest BCUT2D eigenvalue weighted by molar-refractivity contribution is 5.93. The number of carbonyl (C=O) groups excluding carboxylic acids is 1. The van der Waals surface area contributed by atoms with Gasteiger partial charge in [-0.2, -0.15) is 10.2 Å². The van der Waals surface area contributed by atoms with Crippen molar-refractivity contribution in [3.63, 3.8) is 0 Å². The van der Waals surface area contributed by atoms with Crippen LogP contribution in [0.3, 0.4) is 0 Å². The second kappa shape index (κ2) is 5.00. The fourth-order valence-corrected chi connectivity index (χ4v) is 1.65. The average Bonchev–Trinajstić information content (AvgIpc) is 2.39. The molecule has 6 heteroatoms. The number of amides is 1. The van der Waals surface area contributed by atoms with Crippen LogP contribution in [0.4, 0.5) is 0 Å². The second-order valence-electron chi connectivity index (χ2n) is 3.61. The number of hydrogen-bond acceptors (Lipinski definition) is 5. The van der Waals surface area contributed by atoms with Crippen molar-refractivity contribution in [1.82, 2.24) is 15.1 Å². The first kappa shape index (κ1) is 11.0. The van der Waals surface area contributed by atoms with E-state index in [1.54, 1.807) is 11.0 Å². The van der Waals surface area contributed by atoms with Crippen LogP contribution in [0.25, 0.3) is 0 Å². The van der Waals surface area contributed by atoms with Gasteiger partial charge < -0.3 is 15.4 Å². The maximum Gasteiger partial charge on any atom is 0.255 e. The lowest BCUT2D eigenvalue weighted by Gasteiger charge is -2.32. The molecule has 0 bridgehead atoms. The summed E-state index contributed by atoms with van der Waals surface area (Å²) in [6.45, 7) is 2.10. The summed E-state index contributed by atoms with van der Waals surface area (Å²) >= 11 is 0. The van der Waals surface area contributed by atoms with E-state index in [0.717, 1.165) is 0 Å². The molecule has 1 aliphatic heterocycles. The van der Waals surface area contributed by atoms with Crippen LogP contribution < -0.4 is 5.73 Å². The number of nitrogens with two attached hydrogens (primary N) is 1. The molecule has 0 radical (unpaired) electrons. The van der Waals surface area contributed by atoms with Gasteiger partial charge in [0.25, 0.3) is 5.91 Å². The Labute approximate surface area is 93.4 Å². The van der Waals surface area contributed by atoms with Gasteiger partial charge in [0.1, 0.15) is 0 Å². The fraction of sp³-hybridized carbons (Fsp3) is 0.500. The Morgan fingerprint density at radius 3 is 3.19 bits per heavy atom. The minimum absolute atomic E-state index is 0.0448. The van der Waals surface area contributed by atoms with Crippen molar-refractivity contribution in [2.24, 2.45) is 5.73 Å². The highest BCUT2D eigenvalue weighted by atomic mass is 16.5. The van der Waals surface area contributed by atoms with Gasteiger partial charge in [0.2, 0.25) is 0 Å². The lowest BCUT2D eigenvalue weighted by atomic mass is 10.2. The molecule has 1 amide bonds. The number of nitrogens with zero attached hydrogens (tertiary/aromatic N) is 3. The van der Waals surface area contributed by atoms with E-state index in [1.165, 1.54) is 12.4 Å². The lowest BCUT2D eigenvalue weighted by Crippen LogP contribution is -2.48. The molecule has 1 unspecified atom stereocenters. The van der Waals surface area contributed by atoms with Gasteiger partial charge in [-0.15, -0.1) is 0 Å². The van der Waals surface area contributed by atoms with Crippen LogP contribution in [-0.4, -0.2) is 53.3 Å². The van der Waals surface area contributed by atoms with Gasteiger partial charge in [0.05, 0.1) is 30.7 Å². The van der Waals surface area contributed by atoms with Crippen LogP contribution in [0.1, 0.15) is 10.4 Å². The number of ether oxygens (including phenoxy) is 1. The third-order valence-corrected chi connectivity index (χ3v) is 2.52. The van der Waals surface area contributed by atoms with E-state index in [4.69, 9.17) is 10.5 Å². The summed E-state index contributed by atoms with van der Waals surface area (Å²) in [6, 6.07) is 1.66. The monoisotopic (exact) mass is 222 g/mol. The standard InChI is InChI=1S/C10H14N4O2/c11-5-9-7-14(3-4-16-9)10(15)8-1-2-12-13-6-8/h1-2,6,9H,3-5,7,11H2. The third kappa shape index (κ3) is 2.34. The Morgan fingerprint density at radius 1 is 1.62 bits per heavy atom. The summed E-state index contributed by atoms with van der Waals surface area (Å²) < 4.78 is 5.40. The maximum absolute atomic E-state index is 12.0. The maximum atomic E-state index is 12.0. The SMILES string of the molecule is NCC1CN(C(=O)c2ccnnc2)CCO1. The van der Waals surface area contributed by atoms with Gasteiger partial charge in [-0.1, -0.05) is 0 Å². The predicted octanol–water partition coefficient (Wildman–Crippen LogP) is -0.724. The van der Waals surface area contributed by atoms with E-state index in [2.05, 4.69) is 10.2 Å². The minimum Gasteiger partial charge on any atom is -0.373 e. The zero-order valence-electron chi connectivity index (χ0n) is 8.87. The predicted molar refractivity (Wildman–Crippen MR) is 56.7 cm³/mol. The van der Waals surface area contributed by atoms with Crippen LogP contribution in [0.15, 0.2) is 18.5 Å². The largest absolute Gasteiger partial charge is 0.373 e. The summed E-state index contributed by atoms with van der Waals surface area (Å²) in [5, 5.41) is 7.32. The number of morpholine rings is 1. The number of carbonyl (C=O) groups is 1. The fourth-order valence-electron chi connectivity index (χ4n) is 1.65. The molecule has 2 N–H and O–H groups in total. The molecule has 86 valence electrons. The molecule has 0 spiro atoms. The topological polar surface area (TPSA) is 81.3 Å². The molecule has 0 aromatic carbocycles. The van der Waals surface area contributed by atoms with Crippen LogP contribution in [0, 0.1) is 0 Å². The highest BCUT2D eigenvalue weighted by Crippen LogP contribution is 2.08. The first-order valence-electron chi connectivity index (χ1n) is 5.19. The van der Waals surface area contributed by atoms with Gasteiger partial charge in [0, 0.05) is 19.6 Å². The normalized spacial score (nSPS) is 20.8. The number of rotatable bonds is 2. The van der Waals surface area contributed by atoms with Crippen molar-refractivity contribution < 1.29 is 9.53 Å². The van der Waals surface area contributed by atoms with Crippen molar-refractivity contribution in [2.75, 3.05) is 26.2 Å². The molecular formula is C10H14N4O2. The molecule has 0 aliphatic carbocycles. The van der Waals surface area contributed by atoms with Gasteiger partial charge in [-0.05, 0) is 6.07 Å². The quantitative estimate of drug-likeness (QED) is 0.714. The van der Waals surface area contributed by atoms with Crippen molar-refractivity contribution >= 4 is 5.91 Å². The van der Waals surface area contributed by atoms with E-state index in [0.29, 0.717) is 31.8 Å². The molecule has 1 aromatic heterocycles. The Hall–Kier alpha value is -1.53. The minimum atomic E-state index is -0.0625. The zero-order chi connectivity index (χ0) is 11.4. The van der Waals surface area contributed by atoms with Crippen LogP contribution in [-0.2, 0) is 4.74 Å². The third-order valence-electron chi connectivity index (χ3n) is 2.52. The Kier molecular flexibility index (Phi) is 3.43. The van der Waals surface area contributed by atoms with E-state index < -0.39 is 0 Å². The van der Waals surface area contributed by atoms with Gasteiger partial charge in [-0.25, -0.2) is 0 Å². The molecule has 1 atom stereocenters. The Bertz CT molecular complexity index is 357. The summed E-state index contributed by atoms with van der Waals surface area (Å²) in [4.78, 5) is 13.8. The molecular weight excluding hydrogens is 208 g/mol. The van der Waals surface area contributed by atoms with Crippen molar-refractivity contribution in [2.45, 2.75) is 6.10 Å². The second-order valence-corrected chi connectivity index (χ2v) is 3.61. The summed E-state index contributed by atoms with van der Waals surface area (Å²) in [7, 11) is 0. The Morgan fingerprint density at radius 2 is 2.50 bits per heavy atom. The smallest absolute Gasteiger partial charge is 0.255 e. The van der Waals surface area contributed by atoms with E-state index in [1.807, 2.05) is 0 Å². The first-order chi connectivity index (χ1) is 7.81. The lowest BCUT2D eigenvalue weighted by molar-refractivity contribution is -0.0167. The van der Waals surface area contributed by atoms with Crippen LogP contribution in [0.5, 0.6) is 0 Å². The summed E-state index contributed by atoms with van der Waals surface area (Å²) in [5.41, 5.74) is 6.07. The van der Waals surface area contributed by atoms with Crippen molar-refractivity contribution in [3.8, 4) is 0 Å². The van der Waals surface area contributed by atoms with Gasteiger partial charge in [-0.3, -0.25) is 4.79 Å². The molecule has 1 fully saturated rings. The zero-order valence-corrected chi connectivity index (χ0v) is 8.87. The molecule has 1 aliphatic rings. The van der Waals surface area contributed by atoms with Gasteiger partial charge >= 0.3 is 0 Å². The van der Waals surface area contributed by atoms with Crippen molar-refractivity contribution in [1.29, 1.82) is 0 Å². The van der Waals surface area contributed by atoms with Crippen LogP contribution in [0.2, 0.25) is 0 Å². The van der Waals surface area contributed by atoms with Gasteiger partial charge in [0.15, 0.2) is 0 Å². The first-order valence-corrected chi connectivity index (χ1v) is 5.19. The molecule has 6 nitrogen and oxygen atoms in total. The molecule has 2 heterocycles. The van der Waals surface area contributed by atoms with E-state index in [9.17, 15) is 4.79 Å². The summed E-state index contributed by atoms with van der Waals surface area (Å²) in [6.07, 6.45) is 2.91. The van der Waals surface area contributed by atoms with E-state index in [-0.39, 0.29) is 12.0 Å². The number of hydrogen-bond donors (Lipinski definition) is 1. The molecule has 16 heavy (non-hydrogen) atoms. The average molecular weight is 222 g/mol. The molecule has 1 aromatic rings. The number of aromatic nitrogens is 2. The summed E-state index contributed by atoms with van der Waals surface area (Å²) in [5.74, 6) is -0.0448. The van der Waals surface area contributed by atoms with Crippen LogP contribution >= 0.6 is 0 Å². The molecule has 2 rings (SSSR count). The van der Waals surface area contributed by atoms with Crippen molar-refractivity contribution in [3.05, 3.63) is 24.0 Å². The molecule has 0 saturated carbocycles. The highest BCUT2D eigenvalue weighted by Gasteiger charge is 2.24. The van der Waals surface area contributed by atoms with E-state index >= 15 is 0 Å². The Balaban J connectivity index is 2.05. The molecule has 1 saturated heterocycles.